The summed E-state index contributed by atoms with van der Waals surface area (Å²) in [5.41, 5.74) is 0.533. The minimum absolute atomic E-state index is 0.0758. The van der Waals surface area contributed by atoms with Crippen LogP contribution < -0.4 is 5.32 Å². The quantitative estimate of drug-likeness (QED) is 0.925. The van der Waals surface area contributed by atoms with E-state index in [0.717, 1.165) is 32.6 Å². The molecule has 0 spiro atoms. The van der Waals surface area contributed by atoms with Gasteiger partial charge in [-0.2, -0.15) is 0 Å². The summed E-state index contributed by atoms with van der Waals surface area (Å²) >= 11 is 6.05. The van der Waals surface area contributed by atoms with E-state index in [1.165, 1.54) is 0 Å². The highest BCUT2D eigenvalue weighted by atomic mass is 35.5. The van der Waals surface area contributed by atoms with E-state index in [0.29, 0.717) is 10.7 Å². The Morgan fingerprint density at radius 1 is 1.53 bits per heavy atom. The zero-order chi connectivity index (χ0) is 14.0. The third kappa shape index (κ3) is 2.95. The average molecular weight is 284 g/mol. The van der Waals surface area contributed by atoms with Crippen molar-refractivity contribution in [1.82, 2.24) is 14.8 Å². The smallest absolute Gasteiger partial charge is 0.271 e. The molecule has 19 heavy (non-hydrogen) atoms. The molecule has 0 aromatic carbocycles. The van der Waals surface area contributed by atoms with Gasteiger partial charge < -0.3 is 14.8 Å². The summed E-state index contributed by atoms with van der Waals surface area (Å²) in [6, 6.07) is 1.78. The molecule has 0 unspecified atom stereocenters. The first-order valence-electron chi connectivity index (χ1n) is 6.84. The molecule has 0 atom stereocenters. The Bertz CT molecular complexity index is 467. The molecule has 1 aromatic heterocycles. The molecule has 4 nitrogen and oxygen atoms in total. The monoisotopic (exact) mass is 283 g/mol. The molecule has 0 radical (unpaired) electrons. The summed E-state index contributed by atoms with van der Waals surface area (Å²) in [6.45, 7) is 9.49. The van der Waals surface area contributed by atoms with Crippen molar-refractivity contribution in [2.45, 2.75) is 39.3 Å². The lowest BCUT2D eigenvalue weighted by molar-refractivity contribution is 0.0466. The number of halogens is 1. The van der Waals surface area contributed by atoms with Gasteiger partial charge in [-0.3, -0.25) is 4.79 Å². The lowest BCUT2D eigenvalue weighted by atomic mass is 9.99. The topological polar surface area (TPSA) is 37.3 Å². The Hall–Kier alpha value is -1.00. The number of carbonyl (C=O) groups is 1. The molecule has 1 amide bonds. The minimum atomic E-state index is -0.164. The lowest BCUT2D eigenvalue weighted by Crippen LogP contribution is -2.60. The molecule has 0 saturated carbocycles. The first-order valence-corrected chi connectivity index (χ1v) is 7.22. The second-order valence-corrected chi connectivity index (χ2v) is 6.12. The molecular weight excluding hydrogens is 262 g/mol. The molecule has 1 N–H and O–H groups in total. The van der Waals surface area contributed by atoms with Crippen LogP contribution in [0.15, 0.2) is 12.3 Å². The van der Waals surface area contributed by atoms with Gasteiger partial charge in [0.05, 0.1) is 10.6 Å². The number of hydrogen-bond acceptors (Lipinski definition) is 2. The van der Waals surface area contributed by atoms with Gasteiger partial charge in [-0.1, -0.05) is 18.5 Å². The standard InChI is InChI=1S/C14H22ClN3O/c1-4-6-17-9-11(15)8-12(17)13(19)18-7-5-16-10-14(18,2)3/h8-9,16H,4-7,10H2,1-3H3. The molecule has 1 saturated heterocycles. The fourth-order valence-electron chi connectivity index (χ4n) is 2.58. The Kier molecular flexibility index (Phi) is 4.21. The summed E-state index contributed by atoms with van der Waals surface area (Å²) in [4.78, 5) is 14.7. The number of aromatic nitrogens is 1. The maximum atomic E-state index is 12.7. The van der Waals surface area contributed by atoms with Crippen LogP contribution in [0, 0.1) is 0 Å². The fraction of sp³-hybridized carbons (Fsp3) is 0.643. The van der Waals surface area contributed by atoms with E-state index in [4.69, 9.17) is 11.6 Å². The van der Waals surface area contributed by atoms with Crippen molar-refractivity contribution >= 4 is 17.5 Å². The van der Waals surface area contributed by atoms with Crippen molar-refractivity contribution in [3.8, 4) is 0 Å². The minimum Gasteiger partial charge on any atom is -0.342 e. The van der Waals surface area contributed by atoms with Gasteiger partial charge in [0.15, 0.2) is 0 Å². The van der Waals surface area contributed by atoms with E-state index in [2.05, 4.69) is 26.1 Å². The molecule has 1 fully saturated rings. The van der Waals surface area contributed by atoms with E-state index >= 15 is 0 Å². The SMILES string of the molecule is CCCn1cc(Cl)cc1C(=O)N1CCNCC1(C)C. The van der Waals surface area contributed by atoms with Gasteiger partial charge in [0, 0.05) is 32.4 Å². The maximum Gasteiger partial charge on any atom is 0.271 e. The molecule has 0 aliphatic carbocycles. The highest BCUT2D eigenvalue weighted by molar-refractivity contribution is 6.31. The zero-order valence-corrected chi connectivity index (χ0v) is 12.6. The Morgan fingerprint density at radius 2 is 2.26 bits per heavy atom. The van der Waals surface area contributed by atoms with Gasteiger partial charge >= 0.3 is 0 Å². The summed E-state index contributed by atoms with van der Waals surface area (Å²) < 4.78 is 1.96. The number of nitrogens with one attached hydrogen (secondary N) is 1. The number of piperazine rings is 1. The van der Waals surface area contributed by atoms with Crippen LogP contribution in [-0.2, 0) is 6.54 Å². The average Bonchev–Trinajstić information content (AvgIpc) is 2.69. The maximum absolute atomic E-state index is 12.7. The number of nitrogens with zero attached hydrogens (tertiary/aromatic N) is 2. The predicted molar refractivity (Wildman–Crippen MR) is 77.7 cm³/mol. The third-order valence-electron chi connectivity index (χ3n) is 3.59. The van der Waals surface area contributed by atoms with Gasteiger partial charge in [-0.25, -0.2) is 0 Å². The van der Waals surface area contributed by atoms with E-state index in [9.17, 15) is 4.79 Å². The van der Waals surface area contributed by atoms with Crippen LogP contribution in [0.5, 0.6) is 0 Å². The van der Waals surface area contributed by atoms with Crippen molar-refractivity contribution in [1.29, 1.82) is 0 Å². The highest BCUT2D eigenvalue weighted by Gasteiger charge is 2.34. The predicted octanol–water partition coefficient (Wildman–Crippen LogP) is 2.38. The van der Waals surface area contributed by atoms with Crippen LogP contribution in [0.2, 0.25) is 5.02 Å². The lowest BCUT2D eigenvalue weighted by Gasteiger charge is -2.42. The molecule has 1 aromatic rings. The van der Waals surface area contributed by atoms with E-state index in [1.54, 1.807) is 6.07 Å². The van der Waals surface area contributed by atoms with Gasteiger partial charge in [0.1, 0.15) is 5.69 Å². The van der Waals surface area contributed by atoms with Crippen molar-refractivity contribution in [2.24, 2.45) is 0 Å². The van der Waals surface area contributed by atoms with E-state index < -0.39 is 0 Å². The van der Waals surface area contributed by atoms with Crippen LogP contribution >= 0.6 is 11.6 Å². The molecular formula is C14H22ClN3O. The molecule has 5 heteroatoms. The summed E-state index contributed by atoms with van der Waals surface area (Å²) in [5, 5.41) is 3.96. The Balaban J connectivity index is 2.28. The first kappa shape index (κ1) is 14.4. The van der Waals surface area contributed by atoms with E-state index in [1.807, 2.05) is 15.7 Å². The number of aryl methyl sites for hydroxylation is 1. The summed E-state index contributed by atoms with van der Waals surface area (Å²) in [5.74, 6) is 0.0758. The van der Waals surface area contributed by atoms with E-state index in [-0.39, 0.29) is 11.4 Å². The fourth-order valence-corrected chi connectivity index (χ4v) is 2.80. The summed E-state index contributed by atoms with van der Waals surface area (Å²) in [6.07, 6.45) is 2.82. The summed E-state index contributed by atoms with van der Waals surface area (Å²) in [7, 11) is 0. The number of amides is 1. The molecule has 2 rings (SSSR count). The van der Waals surface area contributed by atoms with Crippen LogP contribution in [0.1, 0.15) is 37.7 Å². The van der Waals surface area contributed by atoms with Crippen LogP contribution in [-0.4, -0.2) is 40.5 Å². The van der Waals surface area contributed by atoms with Gasteiger partial charge in [-0.05, 0) is 26.3 Å². The molecule has 2 heterocycles. The van der Waals surface area contributed by atoms with Crippen LogP contribution in [0.25, 0.3) is 0 Å². The third-order valence-corrected chi connectivity index (χ3v) is 3.80. The number of hydrogen-bond donors (Lipinski definition) is 1. The van der Waals surface area contributed by atoms with Crippen molar-refractivity contribution in [3.05, 3.63) is 23.0 Å². The molecule has 0 bridgehead atoms. The van der Waals surface area contributed by atoms with Crippen LogP contribution in [0.3, 0.4) is 0 Å². The first-order chi connectivity index (χ1) is 8.95. The molecule has 1 aliphatic heterocycles. The second kappa shape index (κ2) is 5.55. The highest BCUT2D eigenvalue weighted by Crippen LogP contribution is 2.22. The van der Waals surface area contributed by atoms with Crippen molar-refractivity contribution < 1.29 is 4.79 Å². The zero-order valence-electron chi connectivity index (χ0n) is 11.9. The number of carbonyl (C=O) groups excluding carboxylic acids is 1. The second-order valence-electron chi connectivity index (χ2n) is 5.68. The molecule has 1 aliphatic rings. The van der Waals surface area contributed by atoms with Crippen molar-refractivity contribution in [2.75, 3.05) is 19.6 Å². The largest absolute Gasteiger partial charge is 0.342 e. The van der Waals surface area contributed by atoms with Crippen molar-refractivity contribution in [3.63, 3.8) is 0 Å². The normalized spacial score (nSPS) is 18.6. The van der Waals surface area contributed by atoms with Gasteiger partial charge in [-0.15, -0.1) is 0 Å². The van der Waals surface area contributed by atoms with Crippen LogP contribution in [0.4, 0.5) is 0 Å². The number of rotatable bonds is 3. The van der Waals surface area contributed by atoms with Gasteiger partial charge in [0.25, 0.3) is 5.91 Å². The van der Waals surface area contributed by atoms with Gasteiger partial charge in [0.2, 0.25) is 0 Å². The molecule has 106 valence electrons. The Labute approximate surface area is 119 Å². The Morgan fingerprint density at radius 3 is 2.89 bits per heavy atom.